The van der Waals surface area contributed by atoms with Gasteiger partial charge in [-0.25, -0.2) is 0 Å². The third-order valence-electron chi connectivity index (χ3n) is 6.90. The summed E-state index contributed by atoms with van der Waals surface area (Å²) in [7, 11) is 0. The molecule has 1 saturated carbocycles. The summed E-state index contributed by atoms with van der Waals surface area (Å²) in [6, 6.07) is 10.7. The van der Waals surface area contributed by atoms with Crippen molar-refractivity contribution in [2.24, 2.45) is 5.41 Å². The van der Waals surface area contributed by atoms with Gasteiger partial charge in [-0.15, -0.1) is 0 Å². The fourth-order valence-electron chi connectivity index (χ4n) is 4.40. The van der Waals surface area contributed by atoms with Crippen LogP contribution in [0.2, 0.25) is 0 Å². The van der Waals surface area contributed by atoms with Crippen LogP contribution in [0.5, 0.6) is 0 Å². The third kappa shape index (κ3) is 5.56. The van der Waals surface area contributed by atoms with Crippen LogP contribution in [0.1, 0.15) is 67.9 Å². The second-order valence-electron chi connectivity index (χ2n) is 9.30. The number of rotatable bonds is 6. The van der Waals surface area contributed by atoms with Crippen molar-refractivity contribution in [3.05, 3.63) is 70.8 Å². The molecular weight excluding hydrogens is 462 g/mol. The van der Waals surface area contributed by atoms with E-state index >= 15 is 0 Å². The van der Waals surface area contributed by atoms with Crippen LogP contribution >= 0.6 is 0 Å². The van der Waals surface area contributed by atoms with E-state index in [0.29, 0.717) is 37.8 Å². The summed E-state index contributed by atoms with van der Waals surface area (Å²) in [5.74, 6) is -0.896. The molecule has 0 bridgehead atoms. The van der Waals surface area contributed by atoms with Gasteiger partial charge in [0.1, 0.15) is 0 Å². The van der Waals surface area contributed by atoms with Crippen molar-refractivity contribution in [2.45, 2.75) is 63.4 Å². The first-order valence-electron chi connectivity index (χ1n) is 10.9. The topological polar surface area (TPSA) is 46.5 Å². The number of aliphatic carboxylic acids is 1. The molecule has 0 aliphatic heterocycles. The Bertz CT molecular complexity index is 973. The van der Waals surface area contributed by atoms with Gasteiger partial charge in [-0.1, -0.05) is 30.3 Å². The highest BCUT2D eigenvalue weighted by atomic mass is 19.4. The van der Waals surface area contributed by atoms with Gasteiger partial charge in [0, 0.05) is 5.41 Å². The van der Waals surface area contributed by atoms with Gasteiger partial charge in [-0.2, -0.15) is 26.3 Å². The molecule has 0 amide bonds. The van der Waals surface area contributed by atoms with Gasteiger partial charge >= 0.3 is 18.3 Å². The Balaban J connectivity index is 1.89. The molecule has 0 heterocycles. The molecule has 0 radical (unpaired) electrons. The van der Waals surface area contributed by atoms with Crippen LogP contribution in [-0.4, -0.2) is 17.7 Å². The quantitative estimate of drug-likeness (QED) is 0.431. The van der Waals surface area contributed by atoms with E-state index in [1.165, 1.54) is 6.92 Å². The van der Waals surface area contributed by atoms with Gasteiger partial charge in [0.25, 0.3) is 0 Å². The highest BCUT2D eigenvalue weighted by Crippen LogP contribution is 2.48. The fourth-order valence-corrected chi connectivity index (χ4v) is 4.40. The number of alkyl halides is 6. The average molecular weight is 488 g/mol. The normalized spacial score (nSPS) is 24.6. The summed E-state index contributed by atoms with van der Waals surface area (Å²) in [6.07, 6.45) is -9.26. The van der Waals surface area contributed by atoms with Gasteiger partial charge < -0.3 is 9.84 Å². The van der Waals surface area contributed by atoms with Crippen molar-refractivity contribution in [1.29, 1.82) is 0 Å². The highest BCUT2D eigenvalue weighted by molar-refractivity contribution is 5.74. The van der Waals surface area contributed by atoms with E-state index in [9.17, 15) is 36.2 Å². The number of ether oxygens (including phenoxy) is 1. The van der Waals surface area contributed by atoms with Crippen molar-refractivity contribution in [1.82, 2.24) is 0 Å². The lowest BCUT2D eigenvalue weighted by Gasteiger charge is -2.44. The van der Waals surface area contributed by atoms with Crippen LogP contribution in [0.3, 0.4) is 0 Å². The summed E-state index contributed by atoms with van der Waals surface area (Å²) >= 11 is 0. The second kappa shape index (κ2) is 9.24. The number of carboxylic acids is 1. The van der Waals surface area contributed by atoms with Crippen molar-refractivity contribution in [3.8, 4) is 0 Å². The monoisotopic (exact) mass is 488 g/mol. The highest BCUT2D eigenvalue weighted by Gasteiger charge is 2.45. The third-order valence-corrected chi connectivity index (χ3v) is 6.90. The fraction of sp³-hybridized carbons (Fsp3) is 0.480. The van der Waals surface area contributed by atoms with Crippen molar-refractivity contribution in [3.63, 3.8) is 0 Å². The molecule has 34 heavy (non-hydrogen) atoms. The van der Waals surface area contributed by atoms with Crippen LogP contribution in [0.4, 0.5) is 26.3 Å². The molecule has 1 aliphatic rings. The molecule has 1 aliphatic carbocycles. The maximum Gasteiger partial charge on any atom is 0.416 e. The van der Waals surface area contributed by atoms with E-state index in [4.69, 9.17) is 4.74 Å². The SMILES string of the molecule is CC(OCC1(c2ccccc2)CCC(C)(C(=O)O)CC1)c1cc(C(F)(F)F)cc(C(F)(F)F)c1. The first kappa shape index (κ1) is 26.1. The standard InChI is InChI=1S/C25H26F6O3/c1-16(17-12-19(24(26,27)28)14-20(13-17)25(29,30)31)34-15-23(18-6-4-3-5-7-18)10-8-22(2,9-11-23)21(32)33/h3-7,12-14,16H,8-11,15H2,1-2H3,(H,32,33). The maximum absolute atomic E-state index is 13.2. The lowest BCUT2D eigenvalue weighted by atomic mass is 9.62. The number of carboxylic acid groups (broad SMARTS) is 1. The number of carbonyl (C=O) groups is 1. The van der Waals surface area contributed by atoms with E-state index < -0.39 is 46.4 Å². The Kier molecular flexibility index (Phi) is 7.09. The first-order valence-corrected chi connectivity index (χ1v) is 10.9. The second-order valence-corrected chi connectivity index (χ2v) is 9.30. The average Bonchev–Trinajstić information content (AvgIpc) is 2.78. The molecular formula is C25H26F6O3. The maximum atomic E-state index is 13.2. The predicted octanol–water partition coefficient (Wildman–Crippen LogP) is 7.40. The Morgan fingerprint density at radius 3 is 1.88 bits per heavy atom. The zero-order valence-corrected chi connectivity index (χ0v) is 18.8. The molecule has 0 spiro atoms. The minimum atomic E-state index is -4.94. The van der Waals surface area contributed by atoms with Crippen molar-refractivity contribution < 1.29 is 41.0 Å². The Hall–Kier alpha value is -2.55. The summed E-state index contributed by atoms with van der Waals surface area (Å²) in [4.78, 5) is 11.7. The molecule has 3 rings (SSSR count). The van der Waals surface area contributed by atoms with Crippen LogP contribution in [-0.2, 0) is 27.3 Å². The smallest absolute Gasteiger partial charge is 0.416 e. The van der Waals surface area contributed by atoms with Gasteiger partial charge in [0.15, 0.2) is 0 Å². The Morgan fingerprint density at radius 1 is 0.941 bits per heavy atom. The molecule has 1 N–H and O–H groups in total. The zero-order chi connectivity index (χ0) is 25.4. The summed E-state index contributed by atoms with van der Waals surface area (Å²) in [5.41, 5.74) is -3.60. The molecule has 0 saturated heterocycles. The van der Waals surface area contributed by atoms with E-state index in [1.54, 1.807) is 6.92 Å². The van der Waals surface area contributed by atoms with E-state index in [0.717, 1.165) is 5.56 Å². The molecule has 186 valence electrons. The molecule has 2 aromatic carbocycles. The van der Waals surface area contributed by atoms with Crippen LogP contribution in [0.15, 0.2) is 48.5 Å². The van der Waals surface area contributed by atoms with Gasteiger partial charge in [-0.3, -0.25) is 4.79 Å². The lowest BCUT2D eigenvalue weighted by Crippen LogP contribution is -2.42. The summed E-state index contributed by atoms with van der Waals surface area (Å²) in [6.45, 7) is 3.12. The molecule has 1 atom stereocenters. The van der Waals surface area contributed by atoms with Crippen LogP contribution in [0, 0.1) is 5.41 Å². The number of halogens is 6. The Morgan fingerprint density at radius 2 is 1.44 bits per heavy atom. The molecule has 0 aromatic heterocycles. The first-order chi connectivity index (χ1) is 15.7. The largest absolute Gasteiger partial charge is 0.481 e. The van der Waals surface area contributed by atoms with Crippen LogP contribution < -0.4 is 0 Å². The molecule has 1 unspecified atom stereocenters. The van der Waals surface area contributed by atoms with Gasteiger partial charge in [0.05, 0.1) is 29.3 Å². The van der Waals surface area contributed by atoms with E-state index in [-0.39, 0.29) is 18.2 Å². The Labute approximate surface area is 193 Å². The van der Waals surface area contributed by atoms with Crippen LogP contribution in [0.25, 0.3) is 0 Å². The summed E-state index contributed by atoms with van der Waals surface area (Å²) in [5, 5.41) is 9.57. The van der Waals surface area contributed by atoms with E-state index in [2.05, 4.69) is 0 Å². The zero-order valence-electron chi connectivity index (χ0n) is 18.8. The molecule has 2 aromatic rings. The molecule has 3 nitrogen and oxygen atoms in total. The van der Waals surface area contributed by atoms with Gasteiger partial charge in [0.2, 0.25) is 0 Å². The number of benzene rings is 2. The minimum absolute atomic E-state index is 0.0332. The number of hydrogen-bond donors (Lipinski definition) is 1. The predicted molar refractivity (Wildman–Crippen MR) is 113 cm³/mol. The van der Waals surface area contributed by atoms with E-state index in [1.807, 2.05) is 30.3 Å². The molecule has 9 heteroatoms. The molecule has 1 fully saturated rings. The minimum Gasteiger partial charge on any atom is -0.481 e. The summed E-state index contributed by atoms with van der Waals surface area (Å²) < 4.78 is 85.3. The number of hydrogen-bond acceptors (Lipinski definition) is 2. The van der Waals surface area contributed by atoms with Crippen molar-refractivity contribution >= 4 is 5.97 Å². The lowest BCUT2D eigenvalue weighted by molar-refractivity contribution is -0.151. The van der Waals surface area contributed by atoms with Crippen molar-refractivity contribution in [2.75, 3.05) is 6.61 Å². The van der Waals surface area contributed by atoms with Gasteiger partial charge in [-0.05, 0) is 68.9 Å².